The van der Waals surface area contributed by atoms with Gasteiger partial charge in [-0.15, -0.1) is 0 Å². The third-order valence-corrected chi connectivity index (χ3v) is 5.32. The van der Waals surface area contributed by atoms with E-state index in [1.54, 1.807) is 31.6 Å². The molecule has 1 amide bonds. The number of carbonyl (C=O) groups excluding carboxylic acids is 1. The minimum Gasteiger partial charge on any atom is -0.493 e. The Bertz CT molecular complexity index is 924. The summed E-state index contributed by atoms with van der Waals surface area (Å²) in [5.41, 5.74) is 2.82. The van der Waals surface area contributed by atoms with Crippen molar-refractivity contribution in [2.75, 3.05) is 14.2 Å². The Morgan fingerprint density at radius 2 is 1.86 bits per heavy atom. The first-order valence-corrected chi connectivity index (χ1v) is 9.37. The molecule has 1 aromatic heterocycles. The molecule has 0 bridgehead atoms. The van der Waals surface area contributed by atoms with E-state index in [0.29, 0.717) is 18.0 Å². The standard InChI is InChI=1S/C22H23N3O3/c1-27-19-10-9-16(12-20(19)28-2)21-17-7-3-4-8-18(17)22(26)25(24-21)14-15-6-5-11-23-13-15/h3-6,9-13,17-18H,7-8,14H2,1-2H3/t17-,18+/m0/s1. The van der Waals surface area contributed by atoms with Gasteiger partial charge in [0.1, 0.15) is 0 Å². The highest BCUT2D eigenvalue weighted by Crippen LogP contribution is 2.37. The van der Waals surface area contributed by atoms with Crippen molar-refractivity contribution in [3.8, 4) is 11.5 Å². The van der Waals surface area contributed by atoms with Crippen LogP contribution in [0.4, 0.5) is 0 Å². The van der Waals surface area contributed by atoms with Crippen molar-refractivity contribution >= 4 is 11.6 Å². The van der Waals surface area contributed by atoms with Crippen molar-refractivity contribution in [3.05, 3.63) is 66.0 Å². The van der Waals surface area contributed by atoms with Crippen molar-refractivity contribution < 1.29 is 14.3 Å². The number of hydrogen-bond acceptors (Lipinski definition) is 5. The summed E-state index contributed by atoms with van der Waals surface area (Å²) in [7, 11) is 3.24. The van der Waals surface area contributed by atoms with Gasteiger partial charge in [-0.3, -0.25) is 9.78 Å². The molecule has 2 aromatic rings. The summed E-state index contributed by atoms with van der Waals surface area (Å²) in [6.07, 6.45) is 9.28. The van der Waals surface area contributed by atoms with Gasteiger partial charge in [-0.25, -0.2) is 5.01 Å². The number of hydrogen-bond donors (Lipinski definition) is 0. The summed E-state index contributed by atoms with van der Waals surface area (Å²) in [4.78, 5) is 17.2. The molecule has 0 spiro atoms. The number of carbonyl (C=O) groups is 1. The zero-order valence-electron chi connectivity index (χ0n) is 16.0. The predicted molar refractivity (Wildman–Crippen MR) is 106 cm³/mol. The fourth-order valence-corrected chi connectivity index (χ4v) is 3.88. The fourth-order valence-electron chi connectivity index (χ4n) is 3.88. The number of benzene rings is 1. The fraction of sp³-hybridized carbons (Fsp3) is 0.318. The number of methoxy groups -OCH3 is 2. The van der Waals surface area contributed by atoms with Gasteiger partial charge in [0.25, 0.3) is 0 Å². The molecule has 6 nitrogen and oxygen atoms in total. The van der Waals surface area contributed by atoms with E-state index in [0.717, 1.165) is 29.7 Å². The summed E-state index contributed by atoms with van der Waals surface area (Å²) >= 11 is 0. The molecule has 144 valence electrons. The van der Waals surface area contributed by atoms with Crippen LogP contribution < -0.4 is 9.47 Å². The van der Waals surface area contributed by atoms with Crippen LogP contribution in [0.3, 0.4) is 0 Å². The number of hydrazone groups is 1. The molecule has 1 aliphatic heterocycles. The first kappa shape index (κ1) is 18.2. The van der Waals surface area contributed by atoms with E-state index in [4.69, 9.17) is 14.6 Å². The molecule has 2 heterocycles. The highest BCUT2D eigenvalue weighted by Gasteiger charge is 2.40. The molecule has 0 fully saturated rings. The normalized spacial score (nSPS) is 21.1. The maximum atomic E-state index is 13.1. The van der Waals surface area contributed by atoms with Crippen LogP contribution in [0.2, 0.25) is 0 Å². The van der Waals surface area contributed by atoms with Crippen molar-refractivity contribution in [1.29, 1.82) is 0 Å². The number of rotatable bonds is 5. The molecular formula is C22H23N3O3. The van der Waals surface area contributed by atoms with Crippen molar-refractivity contribution in [3.63, 3.8) is 0 Å². The van der Waals surface area contributed by atoms with Gasteiger partial charge < -0.3 is 9.47 Å². The van der Waals surface area contributed by atoms with Crippen LogP contribution >= 0.6 is 0 Å². The van der Waals surface area contributed by atoms with E-state index in [-0.39, 0.29) is 17.7 Å². The van der Waals surface area contributed by atoms with Gasteiger partial charge in [-0.05, 0) is 42.7 Å². The summed E-state index contributed by atoms with van der Waals surface area (Å²) < 4.78 is 10.8. The molecule has 4 rings (SSSR count). The number of nitrogens with zero attached hydrogens (tertiary/aromatic N) is 3. The second-order valence-electron chi connectivity index (χ2n) is 6.97. The molecule has 6 heteroatoms. The average Bonchev–Trinajstić information content (AvgIpc) is 2.76. The van der Waals surface area contributed by atoms with E-state index in [1.165, 1.54) is 0 Å². The smallest absolute Gasteiger partial charge is 0.247 e. The molecular weight excluding hydrogens is 354 g/mol. The first-order chi connectivity index (χ1) is 13.7. The molecule has 1 aromatic carbocycles. The lowest BCUT2D eigenvalue weighted by molar-refractivity contribution is -0.138. The monoisotopic (exact) mass is 377 g/mol. The van der Waals surface area contributed by atoms with Crippen LogP contribution in [0.1, 0.15) is 24.0 Å². The second-order valence-corrected chi connectivity index (χ2v) is 6.97. The van der Waals surface area contributed by atoms with Gasteiger partial charge in [0.05, 0.1) is 32.4 Å². The summed E-state index contributed by atoms with van der Waals surface area (Å²) in [5.74, 6) is 1.37. The Morgan fingerprint density at radius 1 is 1.07 bits per heavy atom. The molecule has 0 saturated carbocycles. The lowest BCUT2D eigenvalue weighted by atomic mass is 9.76. The topological polar surface area (TPSA) is 64.0 Å². The van der Waals surface area contributed by atoms with Crippen molar-refractivity contribution in [1.82, 2.24) is 9.99 Å². The Labute approximate surface area is 164 Å². The SMILES string of the molecule is COc1ccc(C2=NN(Cc3cccnc3)C(=O)[C@@H]3CC=CC[C@H]23)cc1OC. The molecule has 0 N–H and O–H groups in total. The van der Waals surface area contributed by atoms with Gasteiger partial charge in [-0.2, -0.15) is 5.10 Å². The number of allylic oxidation sites excluding steroid dienone is 2. The summed E-state index contributed by atoms with van der Waals surface area (Å²) in [5, 5.41) is 6.37. The third-order valence-electron chi connectivity index (χ3n) is 5.32. The Hall–Kier alpha value is -3.15. The summed E-state index contributed by atoms with van der Waals surface area (Å²) in [6, 6.07) is 9.62. The van der Waals surface area contributed by atoms with Crippen LogP contribution in [-0.2, 0) is 11.3 Å². The Morgan fingerprint density at radius 3 is 2.57 bits per heavy atom. The van der Waals surface area contributed by atoms with Gasteiger partial charge in [0.2, 0.25) is 5.91 Å². The Kier molecular flexibility index (Phi) is 5.10. The van der Waals surface area contributed by atoms with Crippen LogP contribution in [0.15, 0.2) is 60.0 Å². The zero-order valence-corrected chi connectivity index (χ0v) is 16.0. The quantitative estimate of drug-likeness (QED) is 0.749. The first-order valence-electron chi connectivity index (χ1n) is 9.37. The van der Waals surface area contributed by atoms with Crippen LogP contribution in [0, 0.1) is 11.8 Å². The highest BCUT2D eigenvalue weighted by atomic mass is 16.5. The maximum Gasteiger partial charge on any atom is 0.247 e. The predicted octanol–water partition coefficient (Wildman–Crippen LogP) is 3.43. The molecule has 1 aliphatic carbocycles. The largest absolute Gasteiger partial charge is 0.493 e. The molecule has 0 saturated heterocycles. The van der Waals surface area contributed by atoms with Gasteiger partial charge >= 0.3 is 0 Å². The number of fused-ring (bicyclic) bond motifs is 1. The van der Waals surface area contributed by atoms with Crippen molar-refractivity contribution in [2.24, 2.45) is 16.9 Å². The molecule has 2 aliphatic rings. The van der Waals surface area contributed by atoms with Gasteiger partial charge in [0.15, 0.2) is 11.5 Å². The van der Waals surface area contributed by atoms with Gasteiger partial charge in [-0.1, -0.05) is 18.2 Å². The highest BCUT2D eigenvalue weighted by molar-refractivity contribution is 6.07. The zero-order chi connectivity index (χ0) is 19.5. The van der Waals surface area contributed by atoms with E-state index < -0.39 is 0 Å². The maximum absolute atomic E-state index is 13.1. The minimum atomic E-state index is -0.0951. The number of ether oxygens (including phenoxy) is 2. The third kappa shape index (κ3) is 3.38. The number of pyridine rings is 1. The molecule has 2 atom stereocenters. The lowest BCUT2D eigenvalue weighted by Gasteiger charge is -2.37. The van der Waals surface area contributed by atoms with E-state index in [9.17, 15) is 4.79 Å². The van der Waals surface area contributed by atoms with E-state index >= 15 is 0 Å². The second kappa shape index (κ2) is 7.84. The van der Waals surface area contributed by atoms with E-state index in [1.807, 2.05) is 30.3 Å². The van der Waals surface area contributed by atoms with Gasteiger partial charge in [0, 0.05) is 23.9 Å². The number of amides is 1. The molecule has 28 heavy (non-hydrogen) atoms. The van der Waals surface area contributed by atoms with Crippen LogP contribution in [-0.4, -0.2) is 35.8 Å². The molecule has 0 unspecified atom stereocenters. The minimum absolute atomic E-state index is 0.0701. The Balaban J connectivity index is 1.74. The van der Waals surface area contributed by atoms with Crippen molar-refractivity contribution in [2.45, 2.75) is 19.4 Å². The van der Waals surface area contributed by atoms with Crippen LogP contribution in [0.25, 0.3) is 0 Å². The molecule has 0 radical (unpaired) electrons. The average molecular weight is 377 g/mol. The summed E-state index contributed by atoms with van der Waals surface area (Å²) in [6.45, 7) is 0.413. The number of aromatic nitrogens is 1. The van der Waals surface area contributed by atoms with E-state index in [2.05, 4.69) is 17.1 Å². The lowest BCUT2D eigenvalue weighted by Crippen LogP contribution is -2.45. The van der Waals surface area contributed by atoms with Crippen LogP contribution in [0.5, 0.6) is 11.5 Å².